The van der Waals surface area contributed by atoms with Crippen molar-refractivity contribution in [3.05, 3.63) is 0 Å². The van der Waals surface area contributed by atoms with Crippen LogP contribution in [0.3, 0.4) is 0 Å². The van der Waals surface area contributed by atoms with Gasteiger partial charge in [0.25, 0.3) is 0 Å². The van der Waals surface area contributed by atoms with Crippen LogP contribution in [0, 0.1) is 0 Å². The minimum Gasteiger partial charge on any atom is -0.479 e. The number of hydrogen-bond donors (Lipinski definition) is 20. The van der Waals surface area contributed by atoms with E-state index in [9.17, 15) is 116 Å². The first-order valence-electron chi connectivity index (χ1n) is 24.1. The molecule has 30 atom stereocenters. The normalized spacial score (nSPS) is 46.6. The van der Waals surface area contributed by atoms with E-state index in [1.165, 1.54) is 0 Å². The molecule has 0 saturated carbocycles. The van der Waals surface area contributed by atoms with E-state index in [1.807, 2.05) is 0 Å². The molecule has 0 aromatic rings. The van der Waals surface area contributed by atoms with Crippen LogP contribution in [0.5, 0.6) is 0 Å². The summed E-state index contributed by atoms with van der Waals surface area (Å²) in [5.41, 5.74) is 0. The highest BCUT2D eigenvalue weighted by atomic mass is 16.8. The number of carboxylic acid groups (broad SMARTS) is 3. The van der Waals surface area contributed by atoms with Crippen molar-refractivity contribution in [3.8, 4) is 0 Å². The van der Waals surface area contributed by atoms with Crippen LogP contribution in [0.15, 0.2) is 0 Å². The predicted octanol–water partition coefficient (Wildman–Crippen LogP) is -13.4. The summed E-state index contributed by atoms with van der Waals surface area (Å²) in [4.78, 5) is 75.0. The van der Waals surface area contributed by atoms with E-state index in [-0.39, 0.29) is 0 Å². The van der Waals surface area contributed by atoms with Gasteiger partial charge in [0, 0.05) is 20.8 Å². The summed E-state index contributed by atoms with van der Waals surface area (Å²) in [5.74, 6) is -8.60. The van der Waals surface area contributed by atoms with Crippen LogP contribution in [-0.2, 0) is 80.9 Å². The van der Waals surface area contributed by atoms with E-state index in [1.54, 1.807) is 0 Å². The highest BCUT2D eigenvalue weighted by Crippen LogP contribution is 2.37. The molecule has 6 heterocycles. The number of nitrogens with one attached hydrogen (secondary N) is 3. The summed E-state index contributed by atoms with van der Waals surface area (Å²) in [7, 11) is 0. The van der Waals surface area contributed by atoms with Crippen molar-refractivity contribution >= 4 is 35.6 Å². The van der Waals surface area contributed by atoms with E-state index in [2.05, 4.69) is 16.0 Å². The average Bonchev–Trinajstić information content (AvgIpc) is 3.54. The van der Waals surface area contributed by atoms with Crippen LogP contribution in [0.2, 0.25) is 0 Å². The molecule has 37 heteroatoms. The van der Waals surface area contributed by atoms with Crippen LogP contribution in [0.4, 0.5) is 0 Å². The van der Waals surface area contributed by atoms with Gasteiger partial charge >= 0.3 is 17.9 Å². The largest absolute Gasteiger partial charge is 0.479 e. The molecule has 0 unspecified atom stereocenters. The Morgan fingerprint density at radius 3 is 0.962 bits per heavy atom. The highest BCUT2D eigenvalue weighted by molar-refractivity contribution is 5.75. The molecule has 3 amide bonds. The van der Waals surface area contributed by atoms with Crippen molar-refractivity contribution in [2.24, 2.45) is 0 Å². The molecular formula is C42H65N3O34. The van der Waals surface area contributed by atoms with Gasteiger partial charge in [0.2, 0.25) is 17.7 Å². The molecule has 6 saturated heterocycles. The molecule has 0 aliphatic carbocycles. The molecule has 0 aromatic heterocycles. The van der Waals surface area contributed by atoms with E-state index in [4.69, 9.17) is 52.1 Å². The molecule has 452 valence electrons. The van der Waals surface area contributed by atoms with Crippen molar-refractivity contribution in [1.82, 2.24) is 16.0 Å². The van der Waals surface area contributed by atoms with Crippen molar-refractivity contribution in [2.45, 2.75) is 205 Å². The zero-order chi connectivity index (χ0) is 58.8. The molecule has 37 nitrogen and oxygen atoms in total. The van der Waals surface area contributed by atoms with Crippen LogP contribution in [-0.4, -0.2) is 326 Å². The quantitative estimate of drug-likeness (QED) is 0.0571. The van der Waals surface area contributed by atoms with Crippen molar-refractivity contribution in [2.75, 3.05) is 19.8 Å². The third-order valence-corrected chi connectivity index (χ3v) is 13.5. The molecule has 79 heavy (non-hydrogen) atoms. The minimum absolute atomic E-state index is 0.824. The van der Waals surface area contributed by atoms with Gasteiger partial charge in [0.15, 0.2) is 56.1 Å². The Kier molecular flexibility index (Phi) is 21.7. The zero-order valence-corrected chi connectivity index (χ0v) is 41.5. The standard InChI is InChI=1S/C42H65N3O34/c1-7(49)43-13-19(55)16(52)10(4-46)69-38(13)75-29-21(57)24(60)41(78-32(29)35(64)65)74-27-15(45-9(3)51)40(71-12(6-48)18(27)54)77-30-22(58)25(61)42(79-33(30)36(66)67)73-26-14(44-8(2)50)39(70-11(5-47)17(26)53)76-28-20(56)23(59)37(68)72-31(28)34(62)63/h10-33,37-42,46-48,52-61,68H,4-6H2,1-3H3,(H,43,49)(H,44,50)(H,45,51)(H,62,63)(H,64,65)(H,66,67)/t10-,11-,12-,13-,14-,15-,16-,17-,18-,19-,20-,21-,22-,23-,24-,25-,26-,27-,28+,29+,30+,31+,32+,33+,37-,38+,39+,40+,41-,42-/m1/s1. The number of hydrogen-bond acceptors (Lipinski definition) is 31. The first kappa shape index (κ1) is 64.0. The Hall–Kier alpha value is -4.18. The Bertz CT molecular complexity index is 2120. The first-order valence-corrected chi connectivity index (χ1v) is 24.1. The Morgan fingerprint density at radius 2 is 0.633 bits per heavy atom. The molecule has 6 rings (SSSR count). The van der Waals surface area contributed by atoms with Gasteiger partial charge < -0.3 is 155 Å². The van der Waals surface area contributed by atoms with Gasteiger partial charge in [-0.2, -0.15) is 0 Å². The number of rotatable bonds is 19. The van der Waals surface area contributed by atoms with Crippen LogP contribution >= 0.6 is 0 Å². The lowest BCUT2D eigenvalue weighted by molar-refractivity contribution is -0.377. The maximum Gasteiger partial charge on any atom is 0.335 e. The van der Waals surface area contributed by atoms with Crippen molar-refractivity contribution in [3.63, 3.8) is 0 Å². The summed E-state index contributed by atoms with van der Waals surface area (Å²) in [5, 5.41) is 188. The molecular weight excluding hydrogens is 1090 g/mol. The summed E-state index contributed by atoms with van der Waals surface area (Å²) < 4.78 is 61.2. The van der Waals surface area contributed by atoms with Crippen LogP contribution < -0.4 is 16.0 Å². The fourth-order valence-corrected chi connectivity index (χ4v) is 9.63. The number of carbonyl (C=O) groups excluding carboxylic acids is 3. The maximum absolute atomic E-state index is 12.9. The third kappa shape index (κ3) is 13.8. The molecule has 0 spiro atoms. The molecule has 0 radical (unpaired) electrons. The average molecular weight is 1160 g/mol. The van der Waals surface area contributed by atoms with Crippen molar-refractivity contribution < 1.29 is 168 Å². The predicted molar refractivity (Wildman–Crippen MR) is 236 cm³/mol. The first-order chi connectivity index (χ1) is 37.1. The van der Waals surface area contributed by atoms with Gasteiger partial charge in [-0.05, 0) is 0 Å². The molecule has 20 N–H and O–H groups in total. The number of amides is 3. The van der Waals surface area contributed by atoms with E-state index >= 15 is 0 Å². The highest BCUT2D eigenvalue weighted by Gasteiger charge is 2.60. The number of carbonyl (C=O) groups is 6. The number of aliphatic hydroxyl groups is 14. The maximum atomic E-state index is 12.9. The second kappa shape index (κ2) is 26.8. The number of ether oxygens (including phenoxy) is 11. The molecule has 6 fully saturated rings. The molecule has 6 aliphatic heterocycles. The van der Waals surface area contributed by atoms with Crippen LogP contribution in [0.1, 0.15) is 20.8 Å². The van der Waals surface area contributed by atoms with Gasteiger partial charge in [0.1, 0.15) is 128 Å². The minimum atomic E-state index is -2.53. The summed E-state index contributed by atoms with van der Waals surface area (Å²) in [6, 6.07) is -5.63. The fourth-order valence-electron chi connectivity index (χ4n) is 9.63. The van der Waals surface area contributed by atoms with Crippen molar-refractivity contribution in [1.29, 1.82) is 0 Å². The Morgan fingerprint density at radius 1 is 0.342 bits per heavy atom. The smallest absolute Gasteiger partial charge is 0.335 e. The second-order valence-corrected chi connectivity index (χ2v) is 19.1. The summed E-state index contributed by atoms with van der Waals surface area (Å²) >= 11 is 0. The van der Waals surface area contributed by atoms with E-state index < -0.39 is 239 Å². The van der Waals surface area contributed by atoms with Gasteiger partial charge in [-0.3, -0.25) is 14.4 Å². The monoisotopic (exact) mass is 1160 g/mol. The zero-order valence-electron chi connectivity index (χ0n) is 41.5. The Labute approximate surface area is 443 Å². The number of aliphatic carboxylic acids is 3. The third-order valence-electron chi connectivity index (χ3n) is 13.5. The molecule has 0 bridgehead atoms. The fraction of sp³-hybridized carbons (Fsp3) is 0.857. The lowest BCUT2D eigenvalue weighted by Gasteiger charge is -2.50. The van der Waals surface area contributed by atoms with Gasteiger partial charge in [-0.25, -0.2) is 14.4 Å². The SMILES string of the molecule is CC(=O)N[C@H]1[C@H](O[C@H]2[C@H](O)[C@@H](O)[C@H](O[C@H]3[C@H](O)[C@@H](CO)O[C@@H](O[C@H]4[C@H](O)[C@@H](O)[C@H](O[C@H]5[C@H](O)[C@@H](CO)O[C@@H](O[C@H]6[C@H](O)[C@@H](O)[C@H](O)O[C@@H]6C(=O)O)[C@@H]5NC(C)=O)O[C@@H]4C(=O)O)[C@@H]3NC(C)=O)O[C@@H]2C(=O)O)O[C@H](CO)[C@@H](O)[C@@H]1O. The second-order valence-electron chi connectivity index (χ2n) is 19.1. The molecule has 0 aromatic carbocycles. The van der Waals surface area contributed by atoms with E-state index in [0.717, 1.165) is 20.8 Å². The van der Waals surface area contributed by atoms with Gasteiger partial charge in [0.05, 0.1) is 19.8 Å². The van der Waals surface area contributed by atoms with Crippen LogP contribution in [0.25, 0.3) is 0 Å². The summed E-state index contributed by atoms with van der Waals surface area (Å²) in [6.07, 6.45) is -59.2. The molecule has 6 aliphatic rings. The lowest BCUT2D eigenvalue weighted by Crippen LogP contribution is -2.71. The topological polar surface area (TPSA) is 584 Å². The van der Waals surface area contributed by atoms with Gasteiger partial charge in [-0.15, -0.1) is 0 Å². The number of carboxylic acids is 3. The van der Waals surface area contributed by atoms with E-state index in [0.29, 0.717) is 0 Å². The lowest BCUT2D eigenvalue weighted by atomic mass is 9.93. The Balaban J connectivity index is 1.25. The summed E-state index contributed by atoms with van der Waals surface area (Å²) in [6.45, 7) is -0.435. The van der Waals surface area contributed by atoms with Gasteiger partial charge in [-0.1, -0.05) is 0 Å². The number of aliphatic hydroxyl groups excluding tert-OH is 14.